The highest BCUT2D eigenvalue weighted by Gasteiger charge is 2.20. The van der Waals surface area contributed by atoms with Gasteiger partial charge in [0.1, 0.15) is 5.52 Å². The first kappa shape index (κ1) is 21.4. The number of hydrogen-bond acceptors (Lipinski definition) is 3. The number of aryl methyl sites for hydroxylation is 2. The number of carbonyl (C=O) groups excluding carboxylic acids is 1. The standard InChI is InChI=1S/C25H26N4O3/c1-3-4-8-17-11-13-19(14-12-17)26-23(30)20-16-28(2)22-21(20)27-25(32)29(24(22)31)15-18-9-6-5-7-10-18/h5-7,9-14,16H,3-4,8,15H2,1-2H3,(H,26,30)(H,27,32). The fourth-order valence-corrected chi connectivity index (χ4v) is 3.82. The Morgan fingerprint density at radius 3 is 2.41 bits per heavy atom. The number of benzene rings is 2. The van der Waals surface area contributed by atoms with Gasteiger partial charge in [0.25, 0.3) is 11.5 Å². The highest BCUT2D eigenvalue weighted by Crippen LogP contribution is 2.18. The van der Waals surface area contributed by atoms with Gasteiger partial charge in [-0.3, -0.25) is 14.2 Å². The van der Waals surface area contributed by atoms with E-state index in [4.69, 9.17) is 0 Å². The van der Waals surface area contributed by atoms with Crippen molar-refractivity contribution in [1.82, 2.24) is 14.1 Å². The quantitative estimate of drug-likeness (QED) is 0.469. The number of unbranched alkanes of at least 4 members (excludes halogenated alkanes) is 1. The number of anilines is 1. The lowest BCUT2D eigenvalue weighted by molar-refractivity contribution is 0.102. The van der Waals surface area contributed by atoms with Gasteiger partial charge in [-0.25, -0.2) is 4.79 Å². The summed E-state index contributed by atoms with van der Waals surface area (Å²) in [6.45, 7) is 2.31. The average Bonchev–Trinajstić information content (AvgIpc) is 3.13. The van der Waals surface area contributed by atoms with Crippen LogP contribution in [0.15, 0.2) is 70.4 Å². The number of aromatic amines is 1. The van der Waals surface area contributed by atoms with Crippen LogP contribution in [-0.2, 0) is 20.0 Å². The van der Waals surface area contributed by atoms with Crippen molar-refractivity contribution in [2.45, 2.75) is 32.7 Å². The minimum absolute atomic E-state index is 0.155. The lowest BCUT2D eigenvalue weighted by Gasteiger charge is -2.07. The smallest absolute Gasteiger partial charge is 0.329 e. The molecule has 7 heteroatoms. The Bertz CT molecular complexity index is 1360. The first-order valence-corrected chi connectivity index (χ1v) is 10.7. The number of rotatable bonds is 7. The van der Waals surface area contributed by atoms with Gasteiger partial charge in [-0.1, -0.05) is 55.8 Å². The summed E-state index contributed by atoms with van der Waals surface area (Å²) in [7, 11) is 1.69. The number of nitrogens with one attached hydrogen (secondary N) is 2. The van der Waals surface area contributed by atoms with Gasteiger partial charge >= 0.3 is 5.69 Å². The molecule has 4 rings (SSSR count). The van der Waals surface area contributed by atoms with E-state index in [0.29, 0.717) is 5.69 Å². The highest BCUT2D eigenvalue weighted by atomic mass is 16.2. The molecular formula is C25H26N4O3. The van der Waals surface area contributed by atoms with Crippen LogP contribution in [0.5, 0.6) is 0 Å². The molecule has 0 saturated heterocycles. The van der Waals surface area contributed by atoms with Crippen molar-refractivity contribution >= 4 is 22.6 Å². The molecule has 0 bridgehead atoms. The molecule has 0 aliphatic carbocycles. The van der Waals surface area contributed by atoms with Crippen LogP contribution in [-0.4, -0.2) is 20.0 Å². The van der Waals surface area contributed by atoms with Crippen LogP contribution in [0, 0.1) is 0 Å². The molecule has 7 nitrogen and oxygen atoms in total. The third-order valence-electron chi connectivity index (χ3n) is 5.57. The number of carbonyl (C=O) groups is 1. The summed E-state index contributed by atoms with van der Waals surface area (Å²) in [4.78, 5) is 41.4. The third kappa shape index (κ3) is 4.27. The van der Waals surface area contributed by atoms with Crippen LogP contribution < -0.4 is 16.6 Å². The van der Waals surface area contributed by atoms with Crippen molar-refractivity contribution in [1.29, 1.82) is 0 Å². The molecule has 164 valence electrons. The number of hydrogen-bond donors (Lipinski definition) is 2. The molecule has 0 aliphatic rings. The molecule has 0 atom stereocenters. The molecule has 4 aromatic rings. The Hall–Kier alpha value is -3.87. The number of nitrogens with zero attached hydrogens (tertiary/aromatic N) is 2. The first-order chi connectivity index (χ1) is 15.5. The van der Waals surface area contributed by atoms with E-state index in [0.717, 1.165) is 29.4 Å². The Labute approximate surface area is 185 Å². The van der Waals surface area contributed by atoms with Crippen LogP contribution in [0.25, 0.3) is 11.0 Å². The summed E-state index contributed by atoms with van der Waals surface area (Å²) < 4.78 is 2.73. The molecular weight excluding hydrogens is 404 g/mol. The summed E-state index contributed by atoms with van der Waals surface area (Å²) in [5.74, 6) is -0.382. The van der Waals surface area contributed by atoms with Gasteiger partial charge in [0, 0.05) is 18.9 Å². The van der Waals surface area contributed by atoms with Gasteiger partial charge in [-0.2, -0.15) is 0 Å². The molecule has 0 fully saturated rings. The minimum Gasteiger partial charge on any atom is -0.344 e. The van der Waals surface area contributed by atoms with E-state index < -0.39 is 11.2 Å². The topological polar surface area (TPSA) is 88.9 Å². The monoisotopic (exact) mass is 430 g/mol. The second-order valence-electron chi connectivity index (χ2n) is 7.94. The van der Waals surface area contributed by atoms with Crippen molar-refractivity contribution in [3.63, 3.8) is 0 Å². The van der Waals surface area contributed by atoms with Crippen LogP contribution in [0.1, 0.15) is 41.3 Å². The number of fused-ring (bicyclic) bond motifs is 1. The van der Waals surface area contributed by atoms with Crippen LogP contribution in [0.4, 0.5) is 5.69 Å². The molecule has 0 unspecified atom stereocenters. The predicted molar refractivity (Wildman–Crippen MR) is 126 cm³/mol. The fourth-order valence-electron chi connectivity index (χ4n) is 3.82. The lowest BCUT2D eigenvalue weighted by Crippen LogP contribution is -2.36. The lowest BCUT2D eigenvalue weighted by atomic mass is 10.1. The van der Waals surface area contributed by atoms with E-state index in [1.54, 1.807) is 17.8 Å². The van der Waals surface area contributed by atoms with E-state index in [1.165, 1.54) is 5.56 Å². The zero-order chi connectivity index (χ0) is 22.7. The summed E-state index contributed by atoms with van der Waals surface area (Å²) in [5.41, 5.74) is 2.50. The van der Waals surface area contributed by atoms with Gasteiger partial charge in [0.15, 0.2) is 0 Å². The SMILES string of the molecule is CCCCc1ccc(NC(=O)c2cn(C)c3c(=O)n(Cc4ccccc4)c(=O)[nH]c23)cc1. The molecule has 0 radical (unpaired) electrons. The molecule has 32 heavy (non-hydrogen) atoms. The maximum Gasteiger partial charge on any atom is 0.329 e. The third-order valence-corrected chi connectivity index (χ3v) is 5.57. The van der Waals surface area contributed by atoms with Crippen molar-refractivity contribution in [2.75, 3.05) is 5.32 Å². The largest absolute Gasteiger partial charge is 0.344 e. The van der Waals surface area contributed by atoms with Crippen molar-refractivity contribution in [2.24, 2.45) is 7.05 Å². The number of aromatic nitrogens is 3. The van der Waals surface area contributed by atoms with E-state index >= 15 is 0 Å². The summed E-state index contributed by atoms with van der Waals surface area (Å²) in [6.07, 6.45) is 4.83. The maximum atomic E-state index is 13.1. The van der Waals surface area contributed by atoms with Crippen molar-refractivity contribution in [3.05, 3.63) is 98.3 Å². The fraction of sp³-hybridized carbons (Fsp3) is 0.240. The number of H-pyrrole nitrogens is 1. The molecule has 2 N–H and O–H groups in total. The second-order valence-corrected chi connectivity index (χ2v) is 7.94. The normalized spacial score (nSPS) is 11.1. The molecule has 1 amide bonds. The maximum absolute atomic E-state index is 13.1. The van der Waals surface area contributed by atoms with Gasteiger partial charge in [0.2, 0.25) is 0 Å². The Kier molecular flexibility index (Phi) is 6.07. The summed E-state index contributed by atoms with van der Waals surface area (Å²) >= 11 is 0. The minimum atomic E-state index is -0.549. The highest BCUT2D eigenvalue weighted by molar-refractivity contribution is 6.11. The molecule has 2 aromatic heterocycles. The second kappa shape index (κ2) is 9.09. The zero-order valence-electron chi connectivity index (χ0n) is 18.2. The Morgan fingerprint density at radius 1 is 1.00 bits per heavy atom. The molecule has 0 spiro atoms. The van der Waals surface area contributed by atoms with Crippen molar-refractivity contribution < 1.29 is 4.79 Å². The van der Waals surface area contributed by atoms with Crippen LogP contribution in [0.2, 0.25) is 0 Å². The average molecular weight is 431 g/mol. The Balaban J connectivity index is 1.64. The van der Waals surface area contributed by atoms with E-state index in [9.17, 15) is 14.4 Å². The number of amides is 1. The van der Waals surface area contributed by atoms with Gasteiger partial charge in [0.05, 0.1) is 17.6 Å². The van der Waals surface area contributed by atoms with E-state index in [-0.39, 0.29) is 29.0 Å². The van der Waals surface area contributed by atoms with E-state index in [1.807, 2.05) is 54.6 Å². The Morgan fingerprint density at radius 2 is 1.72 bits per heavy atom. The molecule has 2 aromatic carbocycles. The summed E-state index contributed by atoms with van der Waals surface area (Å²) in [5, 5.41) is 2.86. The van der Waals surface area contributed by atoms with Gasteiger partial charge in [-0.15, -0.1) is 0 Å². The van der Waals surface area contributed by atoms with Gasteiger partial charge < -0.3 is 14.9 Å². The first-order valence-electron chi connectivity index (χ1n) is 10.7. The van der Waals surface area contributed by atoms with Crippen LogP contribution in [0.3, 0.4) is 0 Å². The van der Waals surface area contributed by atoms with E-state index in [2.05, 4.69) is 17.2 Å². The molecule has 0 saturated carbocycles. The predicted octanol–water partition coefficient (Wildman–Crippen LogP) is 3.67. The molecule has 0 aliphatic heterocycles. The summed E-state index contributed by atoms with van der Waals surface area (Å²) in [6, 6.07) is 17.0. The van der Waals surface area contributed by atoms with Crippen LogP contribution >= 0.6 is 0 Å². The van der Waals surface area contributed by atoms with Gasteiger partial charge in [-0.05, 0) is 36.1 Å². The van der Waals surface area contributed by atoms with Crippen molar-refractivity contribution in [3.8, 4) is 0 Å². The zero-order valence-corrected chi connectivity index (χ0v) is 18.2. The molecule has 2 heterocycles.